The van der Waals surface area contributed by atoms with Gasteiger partial charge in [-0.3, -0.25) is 0 Å². The number of hydrogen-bond donors (Lipinski definition) is 1. The molecule has 0 aliphatic heterocycles. The van der Waals surface area contributed by atoms with Crippen molar-refractivity contribution in [2.45, 2.75) is 45.1 Å². The van der Waals surface area contributed by atoms with Gasteiger partial charge in [-0.25, -0.2) is 0 Å². The highest BCUT2D eigenvalue weighted by Crippen LogP contribution is 2.22. The second-order valence-corrected chi connectivity index (χ2v) is 4.97. The van der Waals surface area contributed by atoms with Crippen LogP contribution < -0.4 is 5.32 Å². The van der Waals surface area contributed by atoms with Gasteiger partial charge in [0.2, 0.25) is 0 Å². The predicted molar refractivity (Wildman–Crippen MR) is 73.2 cm³/mol. The number of rotatable bonds is 6. The maximum atomic E-state index is 9.27. The van der Waals surface area contributed by atoms with Gasteiger partial charge in [-0.1, -0.05) is 43.9 Å². The summed E-state index contributed by atoms with van der Waals surface area (Å²) < 4.78 is 0. The lowest BCUT2D eigenvalue weighted by Gasteiger charge is -2.24. The summed E-state index contributed by atoms with van der Waals surface area (Å²) in [6.45, 7) is 4.09. The van der Waals surface area contributed by atoms with Gasteiger partial charge in [0.25, 0.3) is 0 Å². The molecule has 1 unspecified atom stereocenters. The van der Waals surface area contributed by atoms with Gasteiger partial charge in [0.15, 0.2) is 0 Å². The molecule has 1 N–H and O–H groups in total. The third kappa shape index (κ3) is 4.66. The maximum absolute atomic E-state index is 9.27. The maximum Gasteiger partial charge on any atom is 0.122 e. The SMILES string of the molecule is CCCCCC(C)(C#N)Nc1cccc(Cl)c1. The highest BCUT2D eigenvalue weighted by molar-refractivity contribution is 6.30. The number of anilines is 1. The van der Waals surface area contributed by atoms with E-state index < -0.39 is 5.54 Å². The van der Waals surface area contributed by atoms with Gasteiger partial charge in [0.05, 0.1) is 6.07 Å². The fourth-order valence-electron chi connectivity index (χ4n) is 1.76. The Morgan fingerprint density at radius 2 is 2.18 bits per heavy atom. The van der Waals surface area contributed by atoms with Gasteiger partial charge < -0.3 is 5.32 Å². The van der Waals surface area contributed by atoms with Crippen LogP contribution in [0.3, 0.4) is 0 Å². The summed E-state index contributed by atoms with van der Waals surface area (Å²) >= 11 is 5.92. The third-order valence-corrected chi connectivity index (χ3v) is 3.01. The van der Waals surface area contributed by atoms with E-state index in [9.17, 15) is 5.26 Å². The molecule has 2 nitrogen and oxygen atoms in total. The summed E-state index contributed by atoms with van der Waals surface area (Å²) in [6.07, 6.45) is 4.24. The molecular weight excluding hydrogens is 232 g/mol. The molecular formula is C14H19ClN2. The Morgan fingerprint density at radius 3 is 2.76 bits per heavy atom. The minimum atomic E-state index is -0.514. The first-order chi connectivity index (χ1) is 8.09. The Hall–Kier alpha value is -1.20. The lowest BCUT2D eigenvalue weighted by molar-refractivity contribution is 0.538. The lowest BCUT2D eigenvalue weighted by Crippen LogP contribution is -2.32. The van der Waals surface area contributed by atoms with Crippen LogP contribution in [0.15, 0.2) is 24.3 Å². The Morgan fingerprint density at radius 1 is 1.41 bits per heavy atom. The van der Waals surface area contributed by atoms with Crippen LogP contribution >= 0.6 is 11.6 Å². The molecule has 0 spiro atoms. The normalized spacial score (nSPS) is 13.8. The highest BCUT2D eigenvalue weighted by Gasteiger charge is 2.22. The standard InChI is InChI=1S/C14H19ClN2/c1-3-4-5-9-14(2,11-16)17-13-8-6-7-12(15)10-13/h6-8,10,17H,3-5,9H2,1-2H3. The van der Waals surface area contributed by atoms with Crippen LogP contribution in [0.25, 0.3) is 0 Å². The Balaban J connectivity index is 2.65. The molecule has 0 radical (unpaired) electrons. The minimum absolute atomic E-state index is 0.514. The third-order valence-electron chi connectivity index (χ3n) is 2.77. The van der Waals surface area contributed by atoms with Gasteiger partial charge in [-0.2, -0.15) is 5.26 Å². The first-order valence-corrected chi connectivity index (χ1v) is 6.42. The van der Waals surface area contributed by atoms with Crippen molar-refractivity contribution in [3.63, 3.8) is 0 Å². The van der Waals surface area contributed by atoms with Crippen LogP contribution in [0, 0.1) is 11.3 Å². The summed E-state index contributed by atoms with van der Waals surface area (Å²) in [7, 11) is 0. The van der Waals surface area contributed by atoms with Gasteiger partial charge in [-0.15, -0.1) is 0 Å². The van der Waals surface area contributed by atoms with Gasteiger partial charge in [-0.05, 0) is 31.5 Å². The highest BCUT2D eigenvalue weighted by atomic mass is 35.5. The fourth-order valence-corrected chi connectivity index (χ4v) is 1.95. The topological polar surface area (TPSA) is 35.8 Å². The van der Waals surface area contributed by atoms with Crippen molar-refractivity contribution in [1.82, 2.24) is 0 Å². The molecule has 0 saturated heterocycles. The zero-order valence-electron chi connectivity index (χ0n) is 10.5. The smallest absolute Gasteiger partial charge is 0.122 e. The van der Waals surface area contributed by atoms with Crippen molar-refractivity contribution in [2.24, 2.45) is 0 Å². The Labute approximate surface area is 109 Å². The molecule has 0 aromatic heterocycles. The van der Waals surface area contributed by atoms with Gasteiger partial charge in [0, 0.05) is 10.7 Å². The molecule has 17 heavy (non-hydrogen) atoms. The molecule has 0 heterocycles. The van der Waals surface area contributed by atoms with E-state index in [1.54, 1.807) is 0 Å². The molecule has 0 saturated carbocycles. The summed E-state index contributed by atoms with van der Waals surface area (Å²) in [5, 5.41) is 13.2. The van der Waals surface area contributed by atoms with Crippen molar-refractivity contribution in [2.75, 3.05) is 5.32 Å². The molecule has 0 aliphatic rings. The van der Waals surface area contributed by atoms with Crippen LogP contribution in [-0.2, 0) is 0 Å². The molecule has 1 atom stereocenters. The average Bonchev–Trinajstić information content (AvgIpc) is 2.29. The molecule has 0 aliphatic carbocycles. The molecule has 1 aromatic rings. The number of hydrogen-bond acceptors (Lipinski definition) is 2. The molecule has 0 bridgehead atoms. The van der Waals surface area contributed by atoms with E-state index in [0.717, 1.165) is 24.9 Å². The van der Waals surface area contributed by atoms with E-state index >= 15 is 0 Å². The van der Waals surface area contributed by atoms with Crippen LogP contribution in [-0.4, -0.2) is 5.54 Å². The molecule has 1 rings (SSSR count). The average molecular weight is 251 g/mol. The van der Waals surface area contributed by atoms with Crippen molar-refractivity contribution in [3.8, 4) is 6.07 Å². The van der Waals surface area contributed by atoms with Crippen molar-refractivity contribution >= 4 is 17.3 Å². The van der Waals surface area contributed by atoms with Crippen molar-refractivity contribution < 1.29 is 0 Å². The van der Waals surface area contributed by atoms with Crippen LogP contribution in [0.2, 0.25) is 5.02 Å². The molecule has 1 aromatic carbocycles. The van der Waals surface area contributed by atoms with Gasteiger partial charge >= 0.3 is 0 Å². The predicted octanol–water partition coefficient (Wildman–Crippen LogP) is 4.61. The van der Waals surface area contributed by atoms with Crippen molar-refractivity contribution in [3.05, 3.63) is 29.3 Å². The number of benzene rings is 1. The Kier molecular flexibility index (Phi) is 5.31. The second kappa shape index (κ2) is 6.51. The largest absolute Gasteiger partial charge is 0.368 e. The fraction of sp³-hybridized carbons (Fsp3) is 0.500. The lowest BCUT2D eigenvalue weighted by atomic mass is 9.95. The molecule has 3 heteroatoms. The van der Waals surface area contributed by atoms with E-state index in [1.807, 2.05) is 31.2 Å². The second-order valence-electron chi connectivity index (χ2n) is 4.54. The first-order valence-electron chi connectivity index (χ1n) is 6.04. The molecule has 92 valence electrons. The zero-order chi connectivity index (χ0) is 12.7. The van der Waals surface area contributed by atoms with E-state index in [1.165, 1.54) is 6.42 Å². The number of nitrogens with zero attached hydrogens (tertiary/aromatic N) is 1. The van der Waals surface area contributed by atoms with Crippen LogP contribution in [0.5, 0.6) is 0 Å². The number of unbranched alkanes of at least 4 members (excludes halogenated alkanes) is 2. The summed E-state index contributed by atoms with van der Waals surface area (Å²) in [4.78, 5) is 0. The van der Waals surface area contributed by atoms with Crippen LogP contribution in [0.1, 0.15) is 39.5 Å². The van der Waals surface area contributed by atoms with E-state index in [0.29, 0.717) is 5.02 Å². The summed E-state index contributed by atoms with van der Waals surface area (Å²) in [6, 6.07) is 9.84. The van der Waals surface area contributed by atoms with Crippen molar-refractivity contribution in [1.29, 1.82) is 5.26 Å². The monoisotopic (exact) mass is 250 g/mol. The van der Waals surface area contributed by atoms with E-state index in [-0.39, 0.29) is 0 Å². The quantitative estimate of drug-likeness (QED) is 0.748. The number of nitriles is 1. The summed E-state index contributed by atoms with van der Waals surface area (Å²) in [5.74, 6) is 0. The van der Waals surface area contributed by atoms with Crippen LogP contribution in [0.4, 0.5) is 5.69 Å². The number of nitrogens with one attached hydrogen (secondary N) is 1. The van der Waals surface area contributed by atoms with E-state index in [4.69, 9.17) is 11.6 Å². The number of halogens is 1. The van der Waals surface area contributed by atoms with Gasteiger partial charge in [0.1, 0.15) is 5.54 Å². The molecule has 0 fully saturated rings. The first kappa shape index (κ1) is 13.9. The Bertz CT molecular complexity index is 397. The zero-order valence-corrected chi connectivity index (χ0v) is 11.2. The minimum Gasteiger partial charge on any atom is -0.368 e. The van der Waals surface area contributed by atoms with E-state index in [2.05, 4.69) is 18.3 Å². The molecule has 0 amide bonds. The summed E-state index contributed by atoms with van der Waals surface area (Å²) in [5.41, 5.74) is 0.387.